The molecule has 104 valence electrons. The van der Waals surface area contributed by atoms with E-state index in [0.717, 1.165) is 0 Å². The van der Waals surface area contributed by atoms with E-state index >= 15 is 0 Å². The van der Waals surface area contributed by atoms with Crippen LogP contribution in [0.4, 0.5) is 0 Å². The fraction of sp³-hybridized carbons (Fsp3) is 0.417. The minimum atomic E-state index is -1.04. The molecule has 0 fully saturated rings. The Kier molecular flexibility index (Phi) is 4.31. The third-order valence-corrected chi connectivity index (χ3v) is 2.44. The summed E-state index contributed by atoms with van der Waals surface area (Å²) >= 11 is 0. The fourth-order valence-corrected chi connectivity index (χ4v) is 1.75. The zero-order chi connectivity index (χ0) is 14.6. The Hall–Kier alpha value is -2.31. The molecule has 0 aromatic carbocycles. The Labute approximate surface area is 110 Å². The summed E-state index contributed by atoms with van der Waals surface area (Å²) in [5, 5.41) is 11.4. The summed E-state index contributed by atoms with van der Waals surface area (Å²) in [6, 6.07) is 3.09. The number of rotatable bonds is 6. The normalized spacial score (nSPS) is 11.1. The molecule has 0 spiro atoms. The summed E-state index contributed by atoms with van der Waals surface area (Å²) in [4.78, 5) is 33.6. The first kappa shape index (κ1) is 14.7. The maximum absolute atomic E-state index is 12.0. The number of nitrogens with zero attached hydrogens (tertiary/aromatic N) is 1. The first-order valence-corrected chi connectivity index (χ1v) is 5.69. The topological polar surface area (TPSA) is 114 Å². The predicted molar refractivity (Wildman–Crippen MR) is 67.4 cm³/mol. The molecule has 0 radical (unpaired) electrons. The second-order valence-corrected chi connectivity index (χ2v) is 4.90. The highest BCUT2D eigenvalue weighted by Gasteiger charge is 2.24. The summed E-state index contributed by atoms with van der Waals surface area (Å²) < 4.78 is 1.32. The molecule has 0 bridgehead atoms. The molecule has 1 rings (SSSR count). The van der Waals surface area contributed by atoms with Crippen LogP contribution in [0, 0.1) is 0 Å². The first-order valence-electron chi connectivity index (χ1n) is 5.69. The Bertz CT molecular complexity index is 505. The maximum Gasteiger partial charge on any atom is 0.323 e. The van der Waals surface area contributed by atoms with Crippen LogP contribution in [-0.2, 0) is 16.1 Å². The third kappa shape index (κ3) is 4.46. The van der Waals surface area contributed by atoms with Crippen molar-refractivity contribution in [2.24, 2.45) is 5.73 Å². The van der Waals surface area contributed by atoms with Gasteiger partial charge < -0.3 is 20.7 Å². The number of carboxylic acid groups (broad SMARTS) is 1. The monoisotopic (exact) mass is 267 g/mol. The van der Waals surface area contributed by atoms with Gasteiger partial charge >= 0.3 is 5.97 Å². The lowest BCUT2D eigenvalue weighted by Crippen LogP contribution is -2.46. The summed E-state index contributed by atoms with van der Waals surface area (Å²) in [5.74, 6) is -2.01. The zero-order valence-electron chi connectivity index (χ0n) is 10.8. The Balaban J connectivity index is 2.81. The number of aliphatic carboxylic acids is 1. The van der Waals surface area contributed by atoms with Crippen molar-refractivity contribution in [3.63, 3.8) is 0 Å². The lowest BCUT2D eigenvalue weighted by molar-refractivity contribution is -0.137. The molecule has 0 aliphatic carbocycles. The van der Waals surface area contributed by atoms with Crippen LogP contribution in [0.2, 0.25) is 0 Å². The SMILES string of the molecule is CC(C)(CC(N)=O)NC(=O)c1cccn1CC(=O)O. The van der Waals surface area contributed by atoms with Gasteiger partial charge in [0.2, 0.25) is 5.91 Å². The zero-order valence-corrected chi connectivity index (χ0v) is 10.8. The number of nitrogens with two attached hydrogens (primary N) is 1. The maximum atomic E-state index is 12.0. The molecule has 1 heterocycles. The van der Waals surface area contributed by atoms with E-state index in [2.05, 4.69) is 5.32 Å². The van der Waals surface area contributed by atoms with Gasteiger partial charge in [-0.15, -0.1) is 0 Å². The number of carbonyl (C=O) groups excluding carboxylic acids is 2. The highest BCUT2D eigenvalue weighted by atomic mass is 16.4. The highest BCUT2D eigenvalue weighted by molar-refractivity contribution is 5.94. The lowest BCUT2D eigenvalue weighted by Gasteiger charge is -2.24. The van der Waals surface area contributed by atoms with Crippen LogP contribution in [0.5, 0.6) is 0 Å². The number of nitrogens with one attached hydrogen (secondary N) is 1. The Morgan fingerprint density at radius 2 is 2.05 bits per heavy atom. The first-order chi connectivity index (χ1) is 8.71. The number of hydrogen-bond acceptors (Lipinski definition) is 3. The van der Waals surface area contributed by atoms with E-state index in [1.807, 2.05) is 0 Å². The van der Waals surface area contributed by atoms with E-state index in [9.17, 15) is 14.4 Å². The van der Waals surface area contributed by atoms with Crippen molar-refractivity contribution < 1.29 is 19.5 Å². The van der Waals surface area contributed by atoms with E-state index in [0.29, 0.717) is 0 Å². The number of aromatic nitrogens is 1. The molecule has 4 N–H and O–H groups in total. The van der Waals surface area contributed by atoms with Gasteiger partial charge in [0, 0.05) is 18.2 Å². The summed E-state index contributed by atoms with van der Waals surface area (Å²) in [6.45, 7) is 3.03. The molecule has 0 aliphatic rings. The van der Waals surface area contributed by atoms with Crippen molar-refractivity contribution in [3.8, 4) is 0 Å². The predicted octanol–water partition coefficient (Wildman–Crippen LogP) is -0.0435. The van der Waals surface area contributed by atoms with Crippen molar-refractivity contribution in [1.29, 1.82) is 0 Å². The van der Waals surface area contributed by atoms with Crippen molar-refractivity contribution in [3.05, 3.63) is 24.0 Å². The van der Waals surface area contributed by atoms with Crippen LogP contribution < -0.4 is 11.1 Å². The number of amides is 2. The van der Waals surface area contributed by atoms with E-state index < -0.39 is 23.3 Å². The number of carbonyl (C=O) groups is 3. The quantitative estimate of drug-likeness (QED) is 0.670. The molecule has 0 aliphatic heterocycles. The lowest BCUT2D eigenvalue weighted by atomic mass is 10.00. The molecule has 7 nitrogen and oxygen atoms in total. The third-order valence-electron chi connectivity index (χ3n) is 2.44. The van der Waals surface area contributed by atoms with E-state index in [1.165, 1.54) is 16.8 Å². The minimum absolute atomic E-state index is 0.00161. The summed E-state index contributed by atoms with van der Waals surface area (Å²) in [7, 11) is 0. The fourth-order valence-electron chi connectivity index (χ4n) is 1.75. The van der Waals surface area contributed by atoms with Gasteiger partial charge in [-0.3, -0.25) is 14.4 Å². The summed E-state index contributed by atoms with van der Waals surface area (Å²) in [5.41, 5.74) is 4.53. The van der Waals surface area contributed by atoms with Gasteiger partial charge in [-0.2, -0.15) is 0 Å². The van der Waals surface area contributed by atoms with Gasteiger partial charge in [-0.1, -0.05) is 0 Å². The van der Waals surface area contributed by atoms with Crippen molar-refractivity contribution in [2.45, 2.75) is 32.4 Å². The van der Waals surface area contributed by atoms with Gasteiger partial charge in [-0.05, 0) is 26.0 Å². The molecule has 2 amide bonds. The van der Waals surface area contributed by atoms with Crippen LogP contribution in [0.25, 0.3) is 0 Å². The van der Waals surface area contributed by atoms with Crippen LogP contribution in [0.3, 0.4) is 0 Å². The van der Waals surface area contributed by atoms with Crippen LogP contribution in [0.1, 0.15) is 30.8 Å². The Morgan fingerprint density at radius 1 is 1.42 bits per heavy atom. The number of hydrogen-bond donors (Lipinski definition) is 3. The molecule has 0 saturated carbocycles. The van der Waals surface area contributed by atoms with Gasteiger partial charge in [0.25, 0.3) is 5.91 Å². The smallest absolute Gasteiger partial charge is 0.323 e. The second-order valence-electron chi connectivity index (χ2n) is 4.90. The molecule has 0 atom stereocenters. The molecular weight excluding hydrogens is 250 g/mol. The second kappa shape index (κ2) is 5.55. The van der Waals surface area contributed by atoms with Crippen molar-refractivity contribution in [1.82, 2.24) is 9.88 Å². The van der Waals surface area contributed by atoms with Gasteiger partial charge in [-0.25, -0.2) is 0 Å². The van der Waals surface area contributed by atoms with E-state index in [1.54, 1.807) is 19.9 Å². The van der Waals surface area contributed by atoms with Crippen LogP contribution >= 0.6 is 0 Å². The number of carboxylic acids is 1. The molecule has 0 saturated heterocycles. The van der Waals surface area contributed by atoms with Gasteiger partial charge in [0.15, 0.2) is 0 Å². The largest absolute Gasteiger partial charge is 0.480 e. The van der Waals surface area contributed by atoms with Crippen LogP contribution in [-0.4, -0.2) is 33.0 Å². The highest BCUT2D eigenvalue weighted by Crippen LogP contribution is 2.10. The standard InChI is InChI=1S/C12H17N3O4/c1-12(2,6-9(13)16)14-11(19)8-4-3-5-15(8)7-10(17)18/h3-5H,6-7H2,1-2H3,(H2,13,16)(H,14,19)(H,17,18). The minimum Gasteiger partial charge on any atom is -0.480 e. The van der Waals surface area contributed by atoms with Crippen LogP contribution in [0.15, 0.2) is 18.3 Å². The van der Waals surface area contributed by atoms with E-state index in [4.69, 9.17) is 10.8 Å². The molecule has 0 unspecified atom stereocenters. The average molecular weight is 267 g/mol. The van der Waals surface area contributed by atoms with E-state index in [-0.39, 0.29) is 18.7 Å². The summed E-state index contributed by atoms with van der Waals surface area (Å²) in [6.07, 6.45) is 1.50. The van der Waals surface area contributed by atoms with Crippen molar-refractivity contribution >= 4 is 17.8 Å². The molecule has 19 heavy (non-hydrogen) atoms. The molecule has 1 aromatic heterocycles. The van der Waals surface area contributed by atoms with Crippen molar-refractivity contribution in [2.75, 3.05) is 0 Å². The number of primary amides is 1. The van der Waals surface area contributed by atoms with Gasteiger partial charge in [0.05, 0.1) is 0 Å². The molecular formula is C12H17N3O4. The molecule has 1 aromatic rings. The van der Waals surface area contributed by atoms with Gasteiger partial charge in [0.1, 0.15) is 12.2 Å². The molecule has 7 heteroatoms. The average Bonchev–Trinajstić information content (AvgIpc) is 2.61. The Morgan fingerprint density at radius 3 is 2.58 bits per heavy atom.